The van der Waals surface area contributed by atoms with Crippen LogP contribution < -0.4 is 0 Å². The number of hydrogen-bond donors (Lipinski definition) is 0. The molecule has 0 aliphatic rings. The highest BCUT2D eigenvalue weighted by molar-refractivity contribution is 7.09. The lowest BCUT2D eigenvalue weighted by Gasteiger charge is -2.18. The first-order chi connectivity index (χ1) is 9.66. The van der Waals surface area contributed by atoms with E-state index in [0.29, 0.717) is 18.0 Å². The number of halogens is 1. The predicted octanol–water partition coefficient (Wildman–Crippen LogP) is 4.38. The van der Waals surface area contributed by atoms with Crippen molar-refractivity contribution in [2.45, 2.75) is 25.8 Å². The van der Waals surface area contributed by atoms with Gasteiger partial charge in [0.05, 0.1) is 0 Å². The van der Waals surface area contributed by atoms with Crippen LogP contribution in [0.15, 0.2) is 41.8 Å². The van der Waals surface area contributed by atoms with Gasteiger partial charge in [-0.05, 0) is 35.9 Å². The van der Waals surface area contributed by atoms with E-state index >= 15 is 0 Å². The molecule has 2 nitrogen and oxygen atoms in total. The quantitative estimate of drug-likeness (QED) is 0.775. The van der Waals surface area contributed by atoms with E-state index in [2.05, 4.69) is 11.4 Å². The van der Waals surface area contributed by atoms with Gasteiger partial charge in [0.25, 0.3) is 0 Å². The molecule has 1 heterocycles. The first kappa shape index (κ1) is 15.1. The molecule has 4 heteroatoms. The number of carbonyl (C=O) groups excluding carboxylic acids is 1. The van der Waals surface area contributed by atoms with Gasteiger partial charge in [0, 0.05) is 29.9 Å². The number of nitrogens with zero attached hydrogens (tertiary/aromatic N) is 1. The van der Waals surface area contributed by atoms with E-state index < -0.39 is 0 Å². The maximum Gasteiger partial charge on any atom is 0.222 e. The second-order valence-corrected chi connectivity index (χ2v) is 6.21. The molecule has 0 aliphatic carbocycles. The Morgan fingerprint density at radius 3 is 2.75 bits per heavy atom. The van der Waals surface area contributed by atoms with E-state index in [1.54, 1.807) is 16.2 Å². The van der Waals surface area contributed by atoms with E-state index in [0.717, 1.165) is 18.4 Å². The summed E-state index contributed by atoms with van der Waals surface area (Å²) >= 11 is 7.85. The third-order valence-corrected chi connectivity index (χ3v) is 4.49. The minimum atomic E-state index is 0.168. The standard InChI is InChI=1S/C16H18ClNOS/c1-18(12-13-6-2-3-9-15(13)17)16(19)10-4-7-14-8-5-11-20-14/h2-3,5-6,8-9,11H,4,7,10,12H2,1H3. The Hall–Kier alpha value is -1.32. The largest absolute Gasteiger partial charge is 0.341 e. The summed E-state index contributed by atoms with van der Waals surface area (Å²) in [5.74, 6) is 0.168. The molecular formula is C16H18ClNOS. The van der Waals surface area contributed by atoms with Crippen LogP contribution in [0.1, 0.15) is 23.3 Å². The lowest BCUT2D eigenvalue weighted by atomic mass is 10.1. The Morgan fingerprint density at radius 2 is 2.05 bits per heavy atom. The average Bonchev–Trinajstić information content (AvgIpc) is 2.94. The summed E-state index contributed by atoms with van der Waals surface area (Å²) in [5.41, 5.74) is 0.989. The van der Waals surface area contributed by atoms with Crippen molar-refractivity contribution in [3.8, 4) is 0 Å². The lowest BCUT2D eigenvalue weighted by molar-refractivity contribution is -0.130. The highest BCUT2D eigenvalue weighted by atomic mass is 35.5. The van der Waals surface area contributed by atoms with Crippen LogP contribution in [0.4, 0.5) is 0 Å². The van der Waals surface area contributed by atoms with Crippen LogP contribution in [0.2, 0.25) is 5.02 Å². The number of carbonyl (C=O) groups is 1. The van der Waals surface area contributed by atoms with Crippen molar-refractivity contribution >= 4 is 28.8 Å². The third-order valence-electron chi connectivity index (χ3n) is 3.19. The van der Waals surface area contributed by atoms with Gasteiger partial charge in [0.1, 0.15) is 0 Å². The van der Waals surface area contributed by atoms with Gasteiger partial charge in [-0.15, -0.1) is 11.3 Å². The molecule has 0 saturated carbocycles. The van der Waals surface area contributed by atoms with Gasteiger partial charge in [-0.1, -0.05) is 35.9 Å². The number of rotatable bonds is 6. The van der Waals surface area contributed by atoms with Gasteiger partial charge >= 0.3 is 0 Å². The molecule has 0 saturated heterocycles. The van der Waals surface area contributed by atoms with E-state index in [4.69, 9.17) is 11.6 Å². The predicted molar refractivity (Wildman–Crippen MR) is 85.2 cm³/mol. The van der Waals surface area contributed by atoms with Crippen LogP contribution in [0, 0.1) is 0 Å². The highest BCUT2D eigenvalue weighted by Gasteiger charge is 2.10. The van der Waals surface area contributed by atoms with Crippen molar-refractivity contribution in [3.05, 3.63) is 57.2 Å². The molecule has 0 radical (unpaired) electrons. The first-order valence-electron chi connectivity index (χ1n) is 6.66. The summed E-state index contributed by atoms with van der Waals surface area (Å²) in [7, 11) is 1.83. The van der Waals surface area contributed by atoms with Crippen LogP contribution in [-0.2, 0) is 17.8 Å². The van der Waals surface area contributed by atoms with Gasteiger partial charge in [-0.2, -0.15) is 0 Å². The SMILES string of the molecule is CN(Cc1ccccc1Cl)C(=O)CCCc1cccs1. The van der Waals surface area contributed by atoms with Crippen LogP contribution >= 0.6 is 22.9 Å². The Labute approximate surface area is 129 Å². The van der Waals surface area contributed by atoms with Crippen molar-refractivity contribution in [1.29, 1.82) is 0 Å². The zero-order chi connectivity index (χ0) is 14.4. The van der Waals surface area contributed by atoms with E-state index in [9.17, 15) is 4.79 Å². The molecule has 106 valence electrons. The fourth-order valence-electron chi connectivity index (χ4n) is 2.03. The molecule has 1 aromatic heterocycles. The Bertz CT molecular complexity index is 553. The summed E-state index contributed by atoms with van der Waals surface area (Å²) < 4.78 is 0. The molecule has 2 aromatic rings. The summed E-state index contributed by atoms with van der Waals surface area (Å²) in [6, 6.07) is 11.8. The molecule has 0 atom stereocenters. The van der Waals surface area contributed by atoms with Crippen molar-refractivity contribution < 1.29 is 4.79 Å². The van der Waals surface area contributed by atoms with Crippen LogP contribution in [-0.4, -0.2) is 17.9 Å². The normalized spacial score (nSPS) is 10.5. The average molecular weight is 308 g/mol. The molecule has 1 aromatic carbocycles. The summed E-state index contributed by atoms with van der Waals surface area (Å²) in [5, 5.41) is 2.78. The second kappa shape index (κ2) is 7.46. The molecule has 0 spiro atoms. The number of amides is 1. The van der Waals surface area contributed by atoms with Crippen molar-refractivity contribution in [1.82, 2.24) is 4.90 Å². The zero-order valence-electron chi connectivity index (χ0n) is 11.5. The van der Waals surface area contributed by atoms with Gasteiger partial charge < -0.3 is 4.90 Å². The van der Waals surface area contributed by atoms with Gasteiger partial charge in [0.2, 0.25) is 5.91 Å². The molecule has 20 heavy (non-hydrogen) atoms. The Kier molecular flexibility index (Phi) is 5.62. The molecular weight excluding hydrogens is 290 g/mol. The number of benzene rings is 1. The number of hydrogen-bond acceptors (Lipinski definition) is 2. The van der Waals surface area contributed by atoms with Gasteiger partial charge in [-0.25, -0.2) is 0 Å². The first-order valence-corrected chi connectivity index (χ1v) is 7.92. The zero-order valence-corrected chi connectivity index (χ0v) is 13.1. The topological polar surface area (TPSA) is 20.3 Å². The summed E-state index contributed by atoms with van der Waals surface area (Å²) in [4.78, 5) is 15.2. The molecule has 0 bridgehead atoms. The summed E-state index contributed by atoms with van der Waals surface area (Å²) in [6.07, 6.45) is 2.45. The number of thiophene rings is 1. The van der Waals surface area contributed by atoms with Gasteiger partial charge in [0.15, 0.2) is 0 Å². The molecule has 0 N–H and O–H groups in total. The van der Waals surface area contributed by atoms with E-state index in [-0.39, 0.29) is 5.91 Å². The maximum atomic E-state index is 12.1. The molecule has 1 amide bonds. The Morgan fingerprint density at radius 1 is 1.25 bits per heavy atom. The molecule has 0 aliphatic heterocycles. The lowest BCUT2D eigenvalue weighted by Crippen LogP contribution is -2.26. The van der Waals surface area contributed by atoms with Crippen molar-refractivity contribution in [2.24, 2.45) is 0 Å². The minimum Gasteiger partial charge on any atom is -0.341 e. The van der Waals surface area contributed by atoms with Crippen LogP contribution in [0.5, 0.6) is 0 Å². The minimum absolute atomic E-state index is 0.168. The summed E-state index contributed by atoms with van der Waals surface area (Å²) in [6.45, 7) is 0.567. The molecule has 0 unspecified atom stereocenters. The second-order valence-electron chi connectivity index (χ2n) is 4.77. The van der Waals surface area contributed by atoms with Crippen LogP contribution in [0.3, 0.4) is 0 Å². The molecule has 0 fully saturated rings. The van der Waals surface area contributed by atoms with E-state index in [1.807, 2.05) is 37.4 Å². The fourth-order valence-corrected chi connectivity index (χ4v) is 2.98. The van der Waals surface area contributed by atoms with Crippen molar-refractivity contribution in [3.63, 3.8) is 0 Å². The third kappa shape index (κ3) is 4.36. The van der Waals surface area contributed by atoms with Gasteiger partial charge in [-0.3, -0.25) is 4.79 Å². The van der Waals surface area contributed by atoms with E-state index in [1.165, 1.54) is 4.88 Å². The monoisotopic (exact) mass is 307 g/mol. The van der Waals surface area contributed by atoms with Crippen LogP contribution in [0.25, 0.3) is 0 Å². The smallest absolute Gasteiger partial charge is 0.222 e. The fraction of sp³-hybridized carbons (Fsp3) is 0.312. The Balaban J connectivity index is 1.79. The maximum absolute atomic E-state index is 12.1. The number of aryl methyl sites for hydroxylation is 1. The molecule has 2 rings (SSSR count). The highest BCUT2D eigenvalue weighted by Crippen LogP contribution is 2.17. The van der Waals surface area contributed by atoms with Crippen molar-refractivity contribution in [2.75, 3.05) is 7.05 Å².